The summed E-state index contributed by atoms with van der Waals surface area (Å²) in [5.74, 6) is 0.889. The van der Waals surface area contributed by atoms with Crippen molar-refractivity contribution in [2.75, 3.05) is 0 Å². The highest BCUT2D eigenvalue weighted by atomic mass is 35.5. The quantitative estimate of drug-likeness (QED) is 0.846. The van der Waals surface area contributed by atoms with Gasteiger partial charge in [-0.1, -0.05) is 35.9 Å². The molecule has 0 fully saturated rings. The highest BCUT2D eigenvalue weighted by Gasteiger charge is 2.27. The molecule has 1 aliphatic heterocycles. The molecule has 0 spiro atoms. The fraction of sp³-hybridized carbons (Fsp3) is 0.250. The molecule has 0 saturated heterocycles. The molecule has 1 heterocycles. The summed E-state index contributed by atoms with van der Waals surface area (Å²) >= 11 is 6.00. The highest BCUT2D eigenvalue weighted by Crippen LogP contribution is 2.40. The summed E-state index contributed by atoms with van der Waals surface area (Å²) < 4.78 is 6.09. The van der Waals surface area contributed by atoms with Crippen LogP contribution in [0.15, 0.2) is 42.5 Å². The molecule has 0 bridgehead atoms. The van der Waals surface area contributed by atoms with E-state index in [-0.39, 0.29) is 12.1 Å². The van der Waals surface area contributed by atoms with Crippen LogP contribution in [0.1, 0.15) is 35.3 Å². The molecule has 3 rings (SSSR count). The summed E-state index contributed by atoms with van der Waals surface area (Å²) in [6, 6.07) is 13.9. The summed E-state index contributed by atoms with van der Waals surface area (Å²) in [5, 5.41) is 0.752. The van der Waals surface area contributed by atoms with Gasteiger partial charge in [0.2, 0.25) is 0 Å². The third kappa shape index (κ3) is 2.34. The lowest BCUT2D eigenvalue weighted by Gasteiger charge is -2.31. The summed E-state index contributed by atoms with van der Waals surface area (Å²) in [6.07, 6.45) is 0.793. The second kappa shape index (κ2) is 4.87. The number of ether oxygens (including phenoxy) is 1. The van der Waals surface area contributed by atoms with Gasteiger partial charge in [-0.15, -0.1) is 0 Å². The van der Waals surface area contributed by atoms with Crippen LogP contribution in [0.3, 0.4) is 0 Å². The summed E-state index contributed by atoms with van der Waals surface area (Å²) in [4.78, 5) is 0. The Labute approximate surface area is 118 Å². The van der Waals surface area contributed by atoms with Crippen LogP contribution in [0, 0.1) is 6.92 Å². The third-order valence-electron chi connectivity index (χ3n) is 3.63. The first-order chi connectivity index (χ1) is 9.15. The molecule has 2 atom stereocenters. The lowest BCUT2D eigenvalue weighted by Crippen LogP contribution is -2.24. The van der Waals surface area contributed by atoms with E-state index < -0.39 is 0 Å². The zero-order valence-electron chi connectivity index (χ0n) is 10.8. The molecule has 0 aromatic heterocycles. The number of halogens is 1. The van der Waals surface area contributed by atoms with E-state index in [0.29, 0.717) is 0 Å². The topological polar surface area (TPSA) is 35.2 Å². The molecule has 3 heteroatoms. The van der Waals surface area contributed by atoms with Gasteiger partial charge >= 0.3 is 0 Å². The van der Waals surface area contributed by atoms with Crippen LogP contribution >= 0.6 is 11.6 Å². The molecule has 2 aromatic rings. The number of benzene rings is 2. The molecule has 0 amide bonds. The van der Waals surface area contributed by atoms with Crippen molar-refractivity contribution < 1.29 is 4.74 Å². The molecule has 98 valence electrons. The summed E-state index contributed by atoms with van der Waals surface area (Å²) in [5.41, 5.74) is 9.64. The van der Waals surface area contributed by atoms with Crippen molar-refractivity contribution in [3.63, 3.8) is 0 Å². The van der Waals surface area contributed by atoms with Gasteiger partial charge < -0.3 is 10.5 Å². The first kappa shape index (κ1) is 12.5. The molecule has 0 radical (unpaired) electrons. The van der Waals surface area contributed by atoms with Crippen LogP contribution in [-0.2, 0) is 0 Å². The molecule has 2 aromatic carbocycles. The molecule has 0 aliphatic carbocycles. The SMILES string of the molecule is Cc1cc(Cl)ccc1C1C[C@H](N)c2ccccc2O1. The molecule has 2 N–H and O–H groups in total. The number of para-hydroxylation sites is 1. The Kier molecular flexibility index (Phi) is 3.21. The van der Waals surface area contributed by atoms with Crippen molar-refractivity contribution in [3.05, 3.63) is 64.2 Å². The Bertz CT molecular complexity index is 611. The third-order valence-corrected chi connectivity index (χ3v) is 3.87. The van der Waals surface area contributed by atoms with Crippen molar-refractivity contribution in [3.8, 4) is 5.75 Å². The van der Waals surface area contributed by atoms with Gasteiger partial charge in [0.05, 0.1) is 0 Å². The minimum Gasteiger partial charge on any atom is -0.485 e. The molecule has 19 heavy (non-hydrogen) atoms. The number of aryl methyl sites for hydroxylation is 1. The smallest absolute Gasteiger partial charge is 0.126 e. The molecule has 0 saturated carbocycles. The van der Waals surface area contributed by atoms with Crippen LogP contribution in [0.5, 0.6) is 5.75 Å². The minimum atomic E-state index is 0.00201. The standard InChI is InChI=1S/C16H16ClNO/c1-10-8-11(17)6-7-12(10)16-9-14(18)13-4-2-3-5-15(13)19-16/h2-8,14,16H,9,18H2,1H3/t14-,16?/m0/s1. The van der Waals surface area contributed by atoms with Gasteiger partial charge in [0.1, 0.15) is 11.9 Å². The largest absolute Gasteiger partial charge is 0.485 e. The van der Waals surface area contributed by atoms with E-state index in [1.54, 1.807) is 0 Å². The van der Waals surface area contributed by atoms with E-state index in [1.165, 1.54) is 0 Å². The minimum absolute atomic E-state index is 0.00201. The predicted octanol–water partition coefficient (Wildman–Crippen LogP) is 4.17. The number of rotatable bonds is 1. The Hall–Kier alpha value is -1.51. The molecule has 2 nitrogen and oxygen atoms in total. The fourth-order valence-electron chi connectivity index (χ4n) is 2.64. The van der Waals surface area contributed by atoms with E-state index in [9.17, 15) is 0 Å². The van der Waals surface area contributed by atoms with Crippen LogP contribution in [0.25, 0.3) is 0 Å². The van der Waals surface area contributed by atoms with E-state index in [0.717, 1.165) is 33.9 Å². The maximum absolute atomic E-state index is 6.25. The van der Waals surface area contributed by atoms with Gasteiger partial charge in [0.15, 0.2) is 0 Å². The zero-order chi connectivity index (χ0) is 13.4. The van der Waals surface area contributed by atoms with E-state index in [4.69, 9.17) is 22.1 Å². The lowest BCUT2D eigenvalue weighted by atomic mass is 9.92. The highest BCUT2D eigenvalue weighted by molar-refractivity contribution is 6.30. The zero-order valence-corrected chi connectivity index (χ0v) is 11.5. The van der Waals surface area contributed by atoms with Gasteiger partial charge in [-0.2, -0.15) is 0 Å². The van der Waals surface area contributed by atoms with Gasteiger partial charge in [0.25, 0.3) is 0 Å². The number of nitrogens with two attached hydrogens (primary N) is 1. The second-order valence-electron chi connectivity index (χ2n) is 4.99. The molecule has 1 unspecified atom stereocenters. The lowest BCUT2D eigenvalue weighted by molar-refractivity contribution is 0.161. The van der Waals surface area contributed by atoms with E-state index in [2.05, 4.69) is 6.92 Å². The van der Waals surface area contributed by atoms with Crippen LogP contribution < -0.4 is 10.5 Å². The number of fused-ring (bicyclic) bond motifs is 1. The van der Waals surface area contributed by atoms with E-state index >= 15 is 0 Å². The monoisotopic (exact) mass is 273 g/mol. The molecular formula is C16H16ClNO. The number of hydrogen-bond donors (Lipinski definition) is 1. The Balaban J connectivity index is 1.97. The average Bonchev–Trinajstić information content (AvgIpc) is 2.38. The normalized spacial score (nSPS) is 21.6. The molecule has 1 aliphatic rings. The maximum atomic E-state index is 6.25. The maximum Gasteiger partial charge on any atom is 0.126 e. The number of hydrogen-bond acceptors (Lipinski definition) is 2. The van der Waals surface area contributed by atoms with Crippen LogP contribution in [0.2, 0.25) is 5.02 Å². The average molecular weight is 274 g/mol. The summed E-state index contributed by atoms with van der Waals surface area (Å²) in [6.45, 7) is 2.05. The van der Waals surface area contributed by atoms with Gasteiger partial charge in [-0.25, -0.2) is 0 Å². The van der Waals surface area contributed by atoms with Crippen molar-refractivity contribution in [2.24, 2.45) is 5.73 Å². The van der Waals surface area contributed by atoms with Crippen LogP contribution in [0.4, 0.5) is 0 Å². The Morgan fingerprint density at radius 2 is 1.95 bits per heavy atom. The van der Waals surface area contributed by atoms with Crippen molar-refractivity contribution in [1.82, 2.24) is 0 Å². The van der Waals surface area contributed by atoms with Gasteiger partial charge in [-0.3, -0.25) is 0 Å². The first-order valence-electron chi connectivity index (χ1n) is 6.42. The van der Waals surface area contributed by atoms with Gasteiger partial charge in [0, 0.05) is 23.0 Å². The Morgan fingerprint density at radius 1 is 1.16 bits per heavy atom. The summed E-state index contributed by atoms with van der Waals surface area (Å²) in [7, 11) is 0. The van der Waals surface area contributed by atoms with Crippen LogP contribution in [-0.4, -0.2) is 0 Å². The Morgan fingerprint density at radius 3 is 2.74 bits per heavy atom. The van der Waals surface area contributed by atoms with Gasteiger partial charge in [-0.05, 0) is 36.2 Å². The van der Waals surface area contributed by atoms with Crippen molar-refractivity contribution in [2.45, 2.75) is 25.5 Å². The fourth-order valence-corrected chi connectivity index (χ4v) is 2.87. The predicted molar refractivity (Wildman–Crippen MR) is 77.5 cm³/mol. The van der Waals surface area contributed by atoms with Crippen molar-refractivity contribution in [1.29, 1.82) is 0 Å². The first-order valence-corrected chi connectivity index (χ1v) is 6.80. The second-order valence-corrected chi connectivity index (χ2v) is 5.42. The van der Waals surface area contributed by atoms with E-state index in [1.807, 2.05) is 42.5 Å². The molecular weight excluding hydrogens is 258 g/mol. The van der Waals surface area contributed by atoms with Crippen molar-refractivity contribution >= 4 is 11.6 Å².